The third-order valence-electron chi connectivity index (χ3n) is 3.03. The first-order chi connectivity index (χ1) is 10.7. The molecule has 112 valence electrons. The lowest BCUT2D eigenvalue weighted by Gasteiger charge is -2.11. The smallest absolute Gasteiger partial charge is 0.332 e. The van der Waals surface area contributed by atoms with Crippen LogP contribution >= 0.6 is 23.1 Å². The van der Waals surface area contributed by atoms with Crippen LogP contribution in [0.1, 0.15) is 0 Å². The van der Waals surface area contributed by atoms with Gasteiger partial charge in [0.25, 0.3) is 0 Å². The third-order valence-corrected chi connectivity index (χ3v) is 3.89. The molecule has 0 aliphatic rings. The maximum atomic E-state index is 12.2. The number of rotatable bonds is 4. The quantitative estimate of drug-likeness (QED) is 0.791. The van der Waals surface area contributed by atoms with Crippen LogP contribution < -0.4 is 14.9 Å². The van der Waals surface area contributed by atoms with Gasteiger partial charge in [-0.05, 0) is 36.4 Å². The Labute approximate surface area is 135 Å². The second-order valence-electron chi connectivity index (χ2n) is 4.41. The van der Waals surface area contributed by atoms with Crippen molar-refractivity contribution in [3.63, 3.8) is 0 Å². The lowest BCUT2D eigenvalue weighted by Crippen LogP contribution is -2.14. The molecule has 1 heterocycles. The number of para-hydroxylation sites is 2. The minimum atomic E-state index is -0.194. The number of hydrogen-bond acceptors (Lipinski definition) is 5. The Balaban J connectivity index is 2.04. The van der Waals surface area contributed by atoms with E-state index in [2.05, 4.69) is 9.69 Å². The average Bonchev–Trinajstić information content (AvgIpc) is 2.90. The van der Waals surface area contributed by atoms with Gasteiger partial charge in [-0.1, -0.05) is 23.7 Å². The summed E-state index contributed by atoms with van der Waals surface area (Å²) in [5.41, 5.74) is 1.43. The maximum Gasteiger partial charge on any atom is 0.332 e. The van der Waals surface area contributed by atoms with Gasteiger partial charge in [0, 0.05) is 22.2 Å². The Kier molecular flexibility index (Phi) is 4.13. The molecule has 1 N–H and O–H groups in total. The summed E-state index contributed by atoms with van der Waals surface area (Å²) in [5, 5.41) is 3.76. The van der Waals surface area contributed by atoms with Gasteiger partial charge in [0.2, 0.25) is 5.95 Å². The summed E-state index contributed by atoms with van der Waals surface area (Å²) < 4.78 is 11.0. The SMILES string of the molecule is COc1ccccc1-n1c(Nc2ccc(Cl)cc2)nsc1=O. The van der Waals surface area contributed by atoms with Crippen LogP contribution in [0.15, 0.2) is 53.3 Å². The van der Waals surface area contributed by atoms with E-state index < -0.39 is 0 Å². The van der Waals surface area contributed by atoms with Crippen molar-refractivity contribution in [3.8, 4) is 11.4 Å². The van der Waals surface area contributed by atoms with Crippen molar-refractivity contribution >= 4 is 34.8 Å². The standard InChI is InChI=1S/C15H12ClN3O2S/c1-21-13-5-3-2-4-12(13)19-14(18-22-15(19)20)17-11-8-6-10(16)7-9-11/h2-9H,1H3,(H,17,18). The first kappa shape index (κ1) is 14.6. The summed E-state index contributed by atoms with van der Waals surface area (Å²) in [6, 6.07) is 14.5. The molecule has 2 aromatic carbocycles. The summed E-state index contributed by atoms with van der Waals surface area (Å²) in [6.07, 6.45) is 0. The van der Waals surface area contributed by atoms with Gasteiger partial charge in [-0.15, -0.1) is 0 Å². The Morgan fingerprint density at radius 3 is 2.64 bits per heavy atom. The summed E-state index contributed by atoms with van der Waals surface area (Å²) in [7, 11) is 1.57. The normalized spacial score (nSPS) is 10.5. The number of benzene rings is 2. The minimum Gasteiger partial charge on any atom is -0.495 e. The molecule has 7 heteroatoms. The number of ether oxygens (including phenoxy) is 1. The second kappa shape index (κ2) is 6.21. The number of anilines is 2. The average molecular weight is 334 g/mol. The molecule has 22 heavy (non-hydrogen) atoms. The molecular weight excluding hydrogens is 322 g/mol. The molecule has 0 unspecified atom stereocenters. The molecule has 0 bridgehead atoms. The van der Waals surface area contributed by atoms with Crippen molar-refractivity contribution < 1.29 is 4.74 Å². The molecular formula is C15H12ClN3O2S. The van der Waals surface area contributed by atoms with Gasteiger partial charge in [-0.3, -0.25) is 4.79 Å². The number of nitrogens with one attached hydrogen (secondary N) is 1. The predicted octanol–water partition coefficient (Wildman–Crippen LogP) is 3.70. The maximum absolute atomic E-state index is 12.2. The van der Waals surface area contributed by atoms with E-state index in [0.29, 0.717) is 22.4 Å². The summed E-state index contributed by atoms with van der Waals surface area (Å²) in [5.74, 6) is 1.03. The molecule has 0 saturated carbocycles. The fourth-order valence-electron chi connectivity index (χ4n) is 2.02. The zero-order valence-corrected chi connectivity index (χ0v) is 13.2. The van der Waals surface area contributed by atoms with Crippen LogP contribution in [0.5, 0.6) is 5.75 Å². The van der Waals surface area contributed by atoms with Crippen molar-refractivity contribution in [1.29, 1.82) is 0 Å². The predicted molar refractivity (Wildman–Crippen MR) is 89.0 cm³/mol. The highest BCUT2D eigenvalue weighted by molar-refractivity contribution is 7.03. The molecule has 3 aromatic rings. The summed E-state index contributed by atoms with van der Waals surface area (Å²) in [4.78, 5) is 12.0. The van der Waals surface area contributed by atoms with Crippen LogP contribution in [-0.2, 0) is 0 Å². The Morgan fingerprint density at radius 2 is 1.91 bits per heavy atom. The molecule has 0 atom stereocenters. The number of nitrogens with zero attached hydrogens (tertiary/aromatic N) is 2. The van der Waals surface area contributed by atoms with Crippen LogP contribution in [0.4, 0.5) is 11.6 Å². The summed E-state index contributed by atoms with van der Waals surface area (Å²) in [6.45, 7) is 0. The van der Waals surface area contributed by atoms with Crippen LogP contribution in [0.25, 0.3) is 5.69 Å². The van der Waals surface area contributed by atoms with E-state index in [-0.39, 0.29) is 4.87 Å². The molecule has 0 aliphatic carbocycles. The molecule has 0 fully saturated rings. The van der Waals surface area contributed by atoms with Gasteiger partial charge >= 0.3 is 4.87 Å². The lowest BCUT2D eigenvalue weighted by atomic mass is 10.3. The fourth-order valence-corrected chi connectivity index (χ4v) is 2.70. The Hall–Kier alpha value is -2.31. The second-order valence-corrected chi connectivity index (χ2v) is 5.56. The van der Waals surface area contributed by atoms with Gasteiger partial charge in [0.15, 0.2) is 0 Å². The molecule has 5 nitrogen and oxygen atoms in total. The van der Waals surface area contributed by atoms with Crippen LogP contribution in [-0.4, -0.2) is 16.1 Å². The molecule has 0 saturated heterocycles. The highest BCUT2D eigenvalue weighted by Gasteiger charge is 2.14. The van der Waals surface area contributed by atoms with Crippen molar-refractivity contribution in [2.45, 2.75) is 0 Å². The first-order valence-electron chi connectivity index (χ1n) is 6.44. The van der Waals surface area contributed by atoms with E-state index in [1.807, 2.05) is 30.3 Å². The molecule has 1 aromatic heterocycles. The van der Waals surface area contributed by atoms with E-state index in [4.69, 9.17) is 16.3 Å². The third kappa shape index (κ3) is 2.84. The van der Waals surface area contributed by atoms with Gasteiger partial charge in [0.1, 0.15) is 5.75 Å². The Morgan fingerprint density at radius 1 is 1.18 bits per heavy atom. The van der Waals surface area contributed by atoms with Crippen molar-refractivity contribution in [2.24, 2.45) is 0 Å². The monoisotopic (exact) mass is 333 g/mol. The van der Waals surface area contributed by atoms with E-state index in [1.165, 1.54) is 4.57 Å². The lowest BCUT2D eigenvalue weighted by molar-refractivity contribution is 0.413. The number of aromatic nitrogens is 2. The number of halogens is 1. The topological polar surface area (TPSA) is 56.1 Å². The zero-order valence-electron chi connectivity index (χ0n) is 11.6. The molecule has 3 rings (SSSR count). The van der Waals surface area contributed by atoms with Gasteiger partial charge in [-0.25, -0.2) is 4.57 Å². The highest BCUT2D eigenvalue weighted by atomic mass is 35.5. The summed E-state index contributed by atoms with van der Waals surface area (Å²) >= 11 is 6.75. The minimum absolute atomic E-state index is 0.194. The van der Waals surface area contributed by atoms with Crippen LogP contribution in [0.2, 0.25) is 5.02 Å². The largest absolute Gasteiger partial charge is 0.495 e. The fraction of sp³-hybridized carbons (Fsp3) is 0.0667. The van der Waals surface area contributed by atoms with E-state index >= 15 is 0 Å². The molecule has 0 aliphatic heterocycles. The molecule has 0 spiro atoms. The number of methoxy groups -OCH3 is 1. The van der Waals surface area contributed by atoms with Gasteiger partial charge in [-0.2, -0.15) is 4.37 Å². The van der Waals surface area contributed by atoms with E-state index in [1.54, 1.807) is 25.3 Å². The molecule has 0 radical (unpaired) electrons. The van der Waals surface area contributed by atoms with Gasteiger partial charge < -0.3 is 10.1 Å². The number of hydrogen-bond donors (Lipinski definition) is 1. The van der Waals surface area contributed by atoms with E-state index in [9.17, 15) is 4.79 Å². The van der Waals surface area contributed by atoms with Crippen molar-refractivity contribution in [3.05, 3.63) is 63.2 Å². The Bertz CT molecular complexity index is 842. The van der Waals surface area contributed by atoms with Gasteiger partial charge in [0.05, 0.1) is 12.8 Å². The van der Waals surface area contributed by atoms with Crippen molar-refractivity contribution in [1.82, 2.24) is 8.94 Å². The van der Waals surface area contributed by atoms with Crippen LogP contribution in [0, 0.1) is 0 Å². The van der Waals surface area contributed by atoms with E-state index in [0.717, 1.165) is 17.2 Å². The first-order valence-corrected chi connectivity index (χ1v) is 7.59. The van der Waals surface area contributed by atoms with Crippen LogP contribution in [0.3, 0.4) is 0 Å². The molecule has 0 amide bonds. The highest BCUT2D eigenvalue weighted by Crippen LogP contribution is 2.25. The zero-order chi connectivity index (χ0) is 15.5. The van der Waals surface area contributed by atoms with Crippen molar-refractivity contribution in [2.75, 3.05) is 12.4 Å².